The molecule has 0 heterocycles. The van der Waals surface area contributed by atoms with Crippen LogP contribution in [0.15, 0.2) is 11.6 Å². The molecule has 24 heavy (non-hydrogen) atoms. The van der Waals surface area contributed by atoms with Gasteiger partial charge in [0.2, 0.25) is 0 Å². The highest BCUT2D eigenvalue weighted by atomic mass is 16.3. The van der Waals surface area contributed by atoms with E-state index in [4.69, 9.17) is 0 Å². The van der Waals surface area contributed by atoms with E-state index >= 15 is 0 Å². The van der Waals surface area contributed by atoms with Crippen LogP contribution in [0.1, 0.15) is 65.7 Å². The Balaban J connectivity index is 1.77. The van der Waals surface area contributed by atoms with Gasteiger partial charge < -0.3 is 9.90 Å². The predicted octanol–water partition coefficient (Wildman–Crippen LogP) is 3.69. The second-order valence-electron chi connectivity index (χ2n) is 9.51. The number of aliphatic hydroxyl groups is 1. The van der Waals surface area contributed by atoms with Crippen LogP contribution in [0.3, 0.4) is 0 Å². The highest BCUT2D eigenvalue weighted by molar-refractivity contribution is 5.93. The van der Waals surface area contributed by atoms with Gasteiger partial charge in [-0.15, -0.1) is 0 Å². The lowest BCUT2D eigenvalue weighted by Crippen LogP contribution is -2.56. The van der Waals surface area contributed by atoms with Crippen molar-refractivity contribution in [1.82, 2.24) is 0 Å². The van der Waals surface area contributed by atoms with Crippen LogP contribution < -0.4 is 0 Å². The zero-order chi connectivity index (χ0) is 17.3. The van der Waals surface area contributed by atoms with Gasteiger partial charge in [-0.25, -0.2) is 0 Å². The molecule has 0 radical (unpaired) electrons. The van der Waals surface area contributed by atoms with Crippen LogP contribution in [-0.4, -0.2) is 22.8 Å². The minimum absolute atomic E-state index is 0.0241. The molecule has 3 heteroatoms. The molecule has 0 aromatic rings. The third kappa shape index (κ3) is 1.88. The van der Waals surface area contributed by atoms with Crippen LogP contribution in [0.25, 0.3) is 0 Å². The lowest BCUT2D eigenvalue weighted by atomic mass is 9.45. The van der Waals surface area contributed by atoms with Crippen LogP contribution in [-0.2, 0) is 9.59 Å². The molecule has 3 nitrogen and oxygen atoms in total. The maximum absolute atomic E-state index is 12.3. The Kier molecular flexibility index (Phi) is 3.46. The van der Waals surface area contributed by atoms with Gasteiger partial charge in [0.15, 0.2) is 5.78 Å². The first-order valence-electron chi connectivity index (χ1n) is 9.69. The Labute approximate surface area is 144 Å². The summed E-state index contributed by atoms with van der Waals surface area (Å²) in [6.45, 7) is 6.48. The van der Waals surface area contributed by atoms with Gasteiger partial charge in [-0.2, -0.15) is 0 Å². The number of hydrogen-bond acceptors (Lipinski definition) is 3. The quantitative estimate of drug-likeness (QED) is 0.746. The fourth-order valence-corrected chi connectivity index (χ4v) is 7.10. The summed E-state index contributed by atoms with van der Waals surface area (Å²) in [6.07, 6.45) is 9.22. The van der Waals surface area contributed by atoms with Crippen molar-refractivity contribution >= 4 is 12.1 Å². The number of allylic oxidation sites excluding steroid dienone is 1. The van der Waals surface area contributed by atoms with E-state index in [1.54, 1.807) is 6.08 Å². The predicted molar refractivity (Wildman–Crippen MR) is 92.3 cm³/mol. The topological polar surface area (TPSA) is 54.4 Å². The highest BCUT2D eigenvalue weighted by Gasteiger charge is 2.64. The lowest BCUT2D eigenvalue weighted by molar-refractivity contribution is -0.140. The van der Waals surface area contributed by atoms with Crippen molar-refractivity contribution in [3.8, 4) is 0 Å². The molecule has 0 amide bonds. The molecule has 0 spiro atoms. The summed E-state index contributed by atoms with van der Waals surface area (Å²) in [5.74, 6) is 1.86. The van der Waals surface area contributed by atoms with E-state index < -0.39 is 11.0 Å². The first-order valence-corrected chi connectivity index (χ1v) is 9.69. The van der Waals surface area contributed by atoms with E-state index in [0.29, 0.717) is 36.5 Å². The summed E-state index contributed by atoms with van der Waals surface area (Å²) in [6, 6.07) is 0. The zero-order valence-electron chi connectivity index (χ0n) is 15.2. The fraction of sp³-hybridized carbons (Fsp3) is 0.810. The minimum atomic E-state index is -0.584. The van der Waals surface area contributed by atoms with Gasteiger partial charge in [0, 0.05) is 6.42 Å². The molecule has 0 aliphatic heterocycles. The number of ketones is 1. The van der Waals surface area contributed by atoms with Crippen molar-refractivity contribution < 1.29 is 14.7 Å². The average Bonchev–Trinajstić information content (AvgIpc) is 2.78. The van der Waals surface area contributed by atoms with Crippen molar-refractivity contribution in [1.29, 1.82) is 0 Å². The van der Waals surface area contributed by atoms with Gasteiger partial charge in [-0.3, -0.25) is 4.79 Å². The van der Waals surface area contributed by atoms with Crippen LogP contribution >= 0.6 is 0 Å². The molecule has 3 saturated carbocycles. The van der Waals surface area contributed by atoms with Crippen LogP contribution in [0.2, 0.25) is 0 Å². The van der Waals surface area contributed by atoms with E-state index in [1.807, 2.05) is 6.92 Å². The van der Waals surface area contributed by atoms with E-state index in [0.717, 1.165) is 37.7 Å². The Hall–Kier alpha value is -0.960. The molecule has 1 N–H and O–H groups in total. The maximum Gasteiger partial charge on any atom is 0.155 e. The Morgan fingerprint density at radius 2 is 1.88 bits per heavy atom. The van der Waals surface area contributed by atoms with Gasteiger partial charge in [0.1, 0.15) is 6.29 Å². The number of aldehydes is 1. The molecular weight excluding hydrogens is 300 g/mol. The van der Waals surface area contributed by atoms with Crippen molar-refractivity contribution in [2.75, 3.05) is 0 Å². The second-order valence-corrected chi connectivity index (χ2v) is 9.51. The first-order chi connectivity index (χ1) is 11.2. The molecular formula is C21H30O3. The lowest BCUT2D eigenvalue weighted by Gasteiger charge is -2.59. The number of carbonyl (C=O) groups is 2. The Bertz CT molecular complexity index is 619. The van der Waals surface area contributed by atoms with Gasteiger partial charge in [-0.1, -0.05) is 19.4 Å². The SMILES string of the molecule is C[C@H]1C[C@@H]2[C@H](CC[C@@]3(C)[C@H]2CC[C@]3(C)O)[C@@]2(C=O)CCC(=O)C=C12. The first kappa shape index (κ1) is 16.5. The zero-order valence-corrected chi connectivity index (χ0v) is 15.2. The van der Waals surface area contributed by atoms with Crippen LogP contribution in [0, 0.1) is 34.5 Å². The van der Waals surface area contributed by atoms with Gasteiger partial charge in [0.25, 0.3) is 0 Å². The molecule has 0 unspecified atom stereocenters. The smallest absolute Gasteiger partial charge is 0.155 e. The monoisotopic (exact) mass is 330 g/mol. The minimum Gasteiger partial charge on any atom is -0.390 e. The number of rotatable bonds is 1. The average molecular weight is 330 g/mol. The molecule has 4 rings (SSSR count). The molecule has 0 aromatic carbocycles. The summed E-state index contributed by atoms with van der Waals surface area (Å²) in [5, 5.41) is 11.0. The number of hydrogen-bond donors (Lipinski definition) is 1. The summed E-state index contributed by atoms with van der Waals surface area (Å²) in [4.78, 5) is 24.3. The van der Waals surface area contributed by atoms with Crippen molar-refractivity contribution in [3.05, 3.63) is 11.6 Å². The van der Waals surface area contributed by atoms with E-state index in [-0.39, 0.29) is 11.2 Å². The summed E-state index contributed by atoms with van der Waals surface area (Å²) < 4.78 is 0. The normalized spacial score (nSPS) is 53.7. The molecule has 3 fully saturated rings. The standard InChI is InChI=1S/C21H30O3/c1-13-10-15-16-6-8-20(3,24)19(16,2)7-5-17(15)21(12-22)9-4-14(23)11-18(13)21/h11-13,15-17,24H,4-10H2,1-3H3/t13-,15-,16-,17-,19-,20-,21-/m0/s1. The largest absolute Gasteiger partial charge is 0.390 e. The second kappa shape index (κ2) is 5.03. The summed E-state index contributed by atoms with van der Waals surface area (Å²) >= 11 is 0. The van der Waals surface area contributed by atoms with Gasteiger partial charge >= 0.3 is 0 Å². The van der Waals surface area contributed by atoms with Gasteiger partial charge in [-0.05, 0) is 80.6 Å². The van der Waals surface area contributed by atoms with Gasteiger partial charge in [0.05, 0.1) is 11.0 Å². The summed E-state index contributed by atoms with van der Waals surface area (Å²) in [5.41, 5.74) is 0.0949. The summed E-state index contributed by atoms with van der Waals surface area (Å²) in [7, 11) is 0. The van der Waals surface area contributed by atoms with Crippen molar-refractivity contribution in [3.63, 3.8) is 0 Å². The molecule has 0 bridgehead atoms. The van der Waals surface area contributed by atoms with Crippen LogP contribution in [0.4, 0.5) is 0 Å². The molecule has 132 valence electrons. The molecule has 0 saturated heterocycles. The van der Waals surface area contributed by atoms with E-state index in [9.17, 15) is 14.7 Å². The van der Waals surface area contributed by atoms with Crippen molar-refractivity contribution in [2.45, 2.75) is 71.3 Å². The number of fused-ring (bicyclic) bond motifs is 5. The Morgan fingerprint density at radius 1 is 1.17 bits per heavy atom. The Morgan fingerprint density at radius 3 is 2.58 bits per heavy atom. The van der Waals surface area contributed by atoms with E-state index in [2.05, 4.69) is 13.8 Å². The highest BCUT2D eigenvalue weighted by Crippen LogP contribution is 2.67. The maximum atomic E-state index is 12.3. The molecule has 4 aliphatic rings. The van der Waals surface area contributed by atoms with Crippen LogP contribution in [0.5, 0.6) is 0 Å². The molecule has 7 atom stereocenters. The molecule has 0 aromatic heterocycles. The third-order valence-corrected chi connectivity index (χ3v) is 8.67. The third-order valence-electron chi connectivity index (χ3n) is 8.67. The number of carbonyl (C=O) groups excluding carboxylic acids is 2. The fourth-order valence-electron chi connectivity index (χ4n) is 7.10. The van der Waals surface area contributed by atoms with Crippen molar-refractivity contribution in [2.24, 2.45) is 34.5 Å². The van der Waals surface area contributed by atoms with E-state index in [1.165, 1.54) is 6.29 Å². The molecule has 4 aliphatic carbocycles.